The van der Waals surface area contributed by atoms with Crippen molar-refractivity contribution in [2.45, 2.75) is 26.1 Å². The number of amides is 1. The number of halogens is 1. The maximum absolute atomic E-state index is 13.5. The Morgan fingerprint density at radius 3 is 2.52 bits per heavy atom. The number of nitrogens with one attached hydrogen (secondary N) is 1. The monoisotopic (exact) mass is 344 g/mol. The van der Waals surface area contributed by atoms with Crippen molar-refractivity contribution in [2.24, 2.45) is 0 Å². The van der Waals surface area contributed by atoms with Crippen LogP contribution in [0.15, 0.2) is 24.3 Å². The summed E-state index contributed by atoms with van der Waals surface area (Å²) in [5.41, 5.74) is -0.0986. The molecule has 1 heterocycles. The van der Waals surface area contributed by atoms with E-state index in [9.17, 15) is 17.6 Å². The Balaban J connectivity index is 1.90. The van der Waals surface area contributed by atoms with E-state index in [4.69, 9.17) is 4.74 Å². The number of carbonyl (C=O) groups is 1. The molecule has 2 rings (SSSR count). The lowest BCUT2D eigenvalue weighted by Gasteiger charge is -2.34. The molecule has 1 aromatic rings. The molecule has 1 fully saturated rings. The van der Waals surface area contributed by atoms with Gasteiger partial charge in [0.1, 0.15) is 5.82 Å². The highest BCUT2D eigenvalue weighted by Crippen LogP contribution is 2.14. The molecule has 1 aromatic carbocycles. The Labute approximate surface area is 135 Å². The molecule has 128 valence electrons. The highest BCUT2D eigenvalue weighted by atomic mass is 32.2. The van der Waals surface area contributed by atoms with Gasteiger partial charge in [-0.3, -0.25) is 4.79 Å². The summed E-state index contributed by atoms with van der Waals surface area (Å²) in [6.07, 6.45) is -0.330. The molecular formula is C15H21FN2O4S. The number of hydrogen-bond acceptors (Lipinski definition) is 4. The Kier molecular flexibility index (Phi) is 5.72. The molecule has 1 aliphatic heterocycles. The fourth-order valence-corrected chi connectivity index (χ4v) is 4.01. The first kappa shape index (κ1) is 17.8. The van der Waals surface area contributed by atoms with Crippen molar-refractivity contribution in [1.82, 2.24) is 9.62 Å². The minimum atomic E-state index is -3.49. The number of morpholine rings is 1. The topological polar surface area (TPSA) is 75.7 Å². The van der Waals surface area contributed by atoms with Crippen LogP contribution in [0.3, 0.4) is 0 Å². The molecule has 1 aliphatic rings. The number of carbonyl (C=O) groups excluding carboxylic acids is 1. The molecule has 0 aromatic heterocycles. The van der Waals surface area contributed by atoms with Gasteiger partial charge < -0.3 is 10.1 Å². The van der Waals surface area contributed by atoms with Crippen LogP contribution in [-0.4, -0.2) is 56.2 Å². The molecule has 1 saturated heterocycles. The second-order valence-electron chi connectivity index (χ2n) is 5.63. The fraction of sp³-hybridized carbons (Fsp3) is 0.533. The number of rotatable bonds is 5. The van der Waals surface area contributed by atoms with Crippen molar-refractivity contribution < 1.29 is 22.3 Å². The predicted molar refractivity (Wildman–Crippen MR) is 84.1 cm³/mol. The van der Waals surface area contributed by atoms with Gasteiger partial charge in [0.25, 0.3) is 5.91 Å². The maximum Gasteiger partial charge on any atom is 0.254 e. The summed E-state index contributed by atoms with van der Waals surface area (Å²) in [6, 6.07) is 5.56. The van der Waals surface area contributed by atoms with Crippen molar-refractivity contribution >= 4 is 15.9 Å². The van der Waals surface area contributed by atoms with E-state index in [0.717, 1.165) is 0 Å². The minimum absolute atomic E-state index is 0.0738. The van der Waals surface area contributed by atoms with Crippen LogP contribution in [-0.2, 0) is 14.8 Å². The Hall–Kier alpha value is -1.51. The number of sulfonamides is 1. The highest BCUT2D eigenvalue weighted by Gasteiger charge is 2.30. The van der Waals surface area contributed by atoms with Gasteiger partial charge >= 0.3 is 0 Å². The van der Waals surface area contributed by atoms with E-state index in [1.807, 2.05) is 13.8 Å². The van der Waals surface area contributed by atoms with Crippen LogP contribution in [0.25, 0.3) is 0 Å². The fourth-order valence-electron chi connectivity index (χ4n) is 2.52. The average Bonchev–Trinajstić information content (AvgIpc) is 2.46. The molecule has 23 heavy (non-hydrogen) atoms. The summed E-state index contributed by atoms with van der Waals surface area (Å²) in [5.74, 6) is -1.49. The van der Waals surface area contributed by atoms with Gasteiger partial charge in [0.2, 0.25) is 10.0 Å². The van der Waals surface area contributed by atoms with Gasteiger partial charge in [0.15, 0.2) is 0 Å². The summed E-state index contributed by atoms with van der Waals surface area (Å²) >= 11 is 0. The van der Waals surface area contributed by atoms with Gasteiger partial charge in [0, 0.05) is 19.6 Å². The van der Waals surface area contributed by atoms with E-state index >= 15 is 0 Å². The summed E-state index contributed by atoms with van der Waals surface area (Å²) < 4.78 is 45.0. The standard InChI is InChI=1S/C15H21FN2O4S/c1-11-9-18(10-12(2)22-11)23(20,21)8-7-17-15(19)13-5-3-4-6-14(13)16/h3-6,11-12H,7-10H2,1-2H3,(H,17,19)/t11-,12-/m0/s1. The summed E-state index contributed by atoms with van der Waals surface area (Å²) in [5, 5.41) is 2.44. The lowest BCUT2D eigenvalue weighted by Crippen LogP contribution is -2.49. The van der Waals surface area contributed by atoms with Gasteiger partial charge in [0.05, 0.1) is 23.5 Å². The lowest BCUT2D eigenvalue weighted by atomic mass is 10.2. The SMILES string of the molecule is C[C@H]1CN(S(=O)(=O)CCNC(=O)c2ccccc2F)C[C@H](C)O1. The maximum atomic E-state index is 13.5. The number of ether oxygens (including phenoxy) is 1. The van der Waals surface area contributed by atoms with Crippen LogP contribution >= 0.6 is 0 Å². The van der Waals surface area contributed by atoms with E-state index in [0.29, 0.717) is 13.1 Å². The lowest BCUT2D eigenvalue weighted by molar-refractivity contribution is -0.0440. The van der Waals surface area contributed by atoms with E-state index in [-0.39, 0.29) is 30.1 Å². The van der Waals surface area contributed by atoms with Gasteiger partial charge in [-0.05, 0) is 26.0 Å². The largest absolute Gasteiger partial charge is 0.373 e. The zero-order valence-corrected chi connectivity index (χ0v) is 14.0. The molecule has 0 aliphatic carbocycles. The van der Waals surface area contributed by atoms with Crippen molar-refractivity contribution in [3.8, 4) is 0 Å². The molecule has 0 saturated carbocycles. The molecule has 0 spiro atoms. The van der Waals surface area contributed by atoms with Crippen molar-refractivity contribution in [1.29, 1.82) is 0 Å². The molecule has 0 bridgehead atoms. The van der Waals surface area contributed by atoms with Crippen LogP contribution in [0.2, 0.25) is 0 Å². The quantitative estimate of drug-likeness (QED) is 0.864. The molecule has 1 amide bonds. The molecule has 2 atom stereocenters. The van der Waals surface area contributed by atoms with E-state index in [1.54, 1.807) is 6.07 Å². The van der Waals surface area contributed by atoms with Crippen LogP contribution in [0, 0.1) is 5.82 Å². The van der Waals surface area contributed by atoms with Crippen molar-refractivity contribution in [3.63, 3.8) is 0 Å². The predicted octanol–water partition coefficient (Wildman–Crippen LogP) is 0.994. The third kappa shape index (κ3) is 4.73. The van der Waals surface area contributed by atoms with E-state index < -0.39 is 21.7 Å². The molecule has 8 heteroatoms. The molecule has 6 nitrogen and oxygen atoms in total. The van der Waals surface area contributed by atoms with Crippen LogP contribution in [0.5, 0.6) is 0 Å². The third-order valence-electron chi connectivity index (χ3n) is 3.54. The Bertz CT molecular complexity index is 655. The van der Waals surface area contributed by atoms with Gasteiger partial charge in [-0.15, -0.1) is 0 Å². The van der Waals surface area contributed by atoms with Crippen molar-refractivity contribution in [3.05, 3.63) is 35.6 Å². The first-order valence-electron chi connectivity index (χ1n) is 7.45. The Morgan fingerprint density at radius 2 is 1.91 bits per heavy atom. The van der Waals surface area contributed by atoms with Crippen LogP contribution < -0.4 is 5.32 Å². The zero-order valence-electron chi connectivity index (χ0n) is 13.2. The third-order valence-corrected chi connectivity index (χ3v) is 5.35. The average molecular weight is 344 g/mol. The molecule has 1 N–H and O–H groups in total. The van der Waals surface area contributed by atoms with Gasteiger partial charge in [-0.2, -0.15) is 4.31 Å². The van der Waals surface area contributed by atoms with Crippen LogP contribution in [0.1, 0.15) is 24.2 Å². The molecular weight excluding hydrogens is 323 g/mol. The second kappa shape index (κ2) is 7.37. The number of benzene rings is 1. The second-order valence-corrected chi connectivity index (χ2v) is 7.71. The normalized spacial score (nSPS) is 22.7. The number of hydrogen-bond donors (Lipinski definition) is 1. The summed E-state index contributed by atoms with van der Waals surface area (Å²) in [7, 11) is -3.49. The smallest absolute Gasteiger partial charge is 0.254 e. The minimum Gasteiger partial charge on any atom is -0.373 e. The summed E-state index contributed by atoms with van der Waals surface area (Å²) in [6.45, 7) is 4.16. The first-order chi connectivity index (χ1) is 10.8. The highest BCUT2D eigenvalue weighted by molar-refractivity contribution is 7.89. The zero-order chi connectivity index (χ0) is 17.0. The van der Waals surface area contributed by atoms with Gasteiger partial charge in [-0.1, -0.05) is 12.1 Å². The summed E-state index contributed by atoms with van der Waals surface area (Å²) in [4.78, 5) is 11.9. The van der Waals surface area contributed by atoms with E-state index in [1.165, 1.54) is 22.5 Å². The first-order valence-corrected chi connectivity index (χ1v) is 9.06. The van der Waals surface area contributed by atoms with Gasteiger partial charge in [-0.25, -0.2) is 12.8 Å². The van der Waals surface area contributed by atoms with Crippen LogP contribution in [0.4, 0.5) is 4.39 Å². The molecule has 0 radical (unpaired) electrons. The Morgan fingerprint density at radius 1 is 1.30 bits per heavy atom. The van der Waals surface area contributed by atoms with Crippen molar-refractivity contribution in [2.75, 3.05) is 25.4 Å². The molecule has 0 unspecified atom stereocenters. The number of nitrogens with zero attached hydrogens (tertiary/aromatic N) is 1. The van der Waals surface area contributed by atoms with E-state index in [2.05, 4.69) is 5.32 Å².